The highest BCUT2D eigenvalue weighted by atomic mass is 32.2. The summed E-state index contributed by atoms with van der Waals surface area (Å²) in [6, 6.07) is 0.394. The predicted octanol–water partition coefficient (Wildman–Crippen LogP) is 2.93. The second kappa shape index (κ2) is 9.18. The minimum Gasteiger partial charge on any atom is -0.393 e. The molecule has 18 heavy (non-hydrogen) atoms. The summed E-state index contributed by atoms with van der Waals surface area (Å²) in [5.41, 5.74) is 0. The lowest BCUT2D eigenvalue weighted by atomic mass is 9.91. The number of likely N-dealkylation sites (tertiary alicyclic amines) is 1. The monoisotopic (exact) mass is 275 g/mol. The Morgan fingerprint density at radius 2 is 2.11 bits per heavy atom. The molecule has 1 heterocycles. The molecule has 1 N–H and O–H groups in total. The van der Waals surface area contributed by atoms with Crippen LogP contribution in [0.5, 0.6) is 0 Å². The molecule has 0 spiro atoms. The Balaban J connectivity index is 2.37. The predicted molar refractivity (Wildman–Crippen MR) is 78.8 cm³/mol. The average molecular weight is 275 g/mol. The Hall–Kier alpha value is 0.230. The van der Waals surface area contributed by atoms with Crippen molar-refractivity contribution in [2.75, 3.05) is 26.0 Å². The molecular formula is C14H29NO2S. The van der Waals surface area contributed by atoms with Crippen LogP contribution in [-0.4, -0.2) is 48.1 Å². The smallest absolute Gasteiger partial charge is 0.0770 e. The molecule has 2 unspecified atom stereocenters. The number of unbranched alkanes of at least 4 members (excludes halogenated alkanes) is 3. The zero-order chi connectivity index (χ0) is 13.4. The van der Waals surface area contributed by atoms with Crippen molar-refractivity contribution < 1.29 is 9.29 Å². The van der Waals surface area contributed by atoms with Crippen LogP contribution in [0.1, 0.15) is 46.0 Å². The van der Waals surface area contributed by atoms with Crippen LogP contribution in [0.2, 0.25) is 0 Å². The van der Waals surface area contributed by atoms with Gasteiger partial charge in [0.05, 0.1) is 12.7 Å². The molecule has 1 rings (SSSR count). The molecule has 0 aromatic heterocycles. The highest BCUT2D eigenvalue weighted by Crippen LogP contribution is 2.24. The van der Waals surface area contributed by atoms with Crippen molar-refractivity contribution in [3.8, 4) is 0 Å². The van der Waals surface area contributed by atoms with Crippen LogP contribution in [0.15, 0.2) is 0 Å². The van der Waals surface area contributed by atoms with Crippen molar-refractivity contribution in [3.05, 3.63) is 0 Å². The van der Waals surface area contributed by atoms with Crippen LogP contribution in [0, 0.1) is 5.92 Å². The van der Waals surface area contributed by atoms with Crippen molar-refractivity contribution in [1.82, 2.24) is 4.90 Å². The zero-order valence-electron chi connectivity index (χ0n) is 12.1. The van der Waals surface area contributed by atoms with E-state index in [1.165, 1.54) is 37.7 Å². The van der Waals surface area contributed by atoms with E-state index in [0.717, 1.165) is 26.1 Å². The molecule has 4 heteroatoms. The van der Waals surface area contributed by atoms with Crippen LogP contribution in [-0.2, 0) is 4.18 Å². The molecule has 1 aliphatic rings. The Morgan fingerprint density at radius 3 is 2.78 bits per heavy atom. The highest BCUT2D eigenvalue weighted by molar-refractivity contribution is 7.93. The van der Waals surface area contributed by atoms with Crippen LogP contribution in [0.4, 0.5) is 0 Å². The molecule has 0 aliphatic carbocycles. The lowest BCUT2D eigenvalue weighted by molar-refractivity contribution is -0.0126. The summed E-state index contributed by atoms with van der Waals surface area (Å²) in [4.78, 5) is 2.52. The van der Waals surface area contributed by atoms with Gasteiger partial charge in [0.1, 0.15) is 0 Å². The highest BCUT2D eigenvalue weighted by Gasteiger charge is 2.31. The summed E-state index contributed by atoms with van der Waals surface area (Å²) in [6.07, 6.45) is 7.86. The molecule has 1 saturated heterocycles. The Bertz CT molecular complexity index is 216. The maximum absolute atomic E-state index is 9.99. The SMILES string of the molecule is CCCCCCN1C[C@H](C)C(O)CC1COSC. The second-order valence-corrected chi connectivity index (χ2v) is 6.01. The maximum Gasteiger partial charge on any atom is 0.0770 e. The van der Waals surface area contributed by atoms with Gasteiger partial charge in [-0.1, -0.05) is 33.1 Å². The van der Waals surface area contributed by atoms with Gasteiger partial charge in [-0.3, -0.25) is 4.90 Å². The van der Waals surface area contributed by atoms with E-state index in [1.807, 2.05) is 6.26 Å². The van der Waals surface area contributed by atoms with Gasteiger partial charge in [0, 0.05) is 18.8 Å². The number of rotatable bonds is 8. The van der Waals surface area contributed by atoms with E-state index in [0.29, 0.717) is 12.0 Å². The van der Waals surface area contributed by atoms with Gasteiger partial charge in [0.2, 0.25) is 0 Å². The molecule has 0 saturated carbocycles. The minimum atomic E-state index is -0.160. The fourth-order valence-corrected chi connectivity index (χ4v) is 2.93. The van der Waals surface area contributed by atoms with Gasteiger partial charge in [-0.05, 0) is 37.3 Å². The van der Waals surface area contributed by atoms with E-state index in [4.69, 9.17) is 4.18 Å². The summed E-state index contributed by atoms with van der Waals surface area (Å²) >= 11 is 1.42. The Labute approximate surface area is 116 Å². The minimum absolute atomic E-state index is 0.160. The molecule has 3 atom stereocenters. The van der Waals surface area contributed by atoms with Crippen LogP contribution in [0.3, 0.4) is 0 Å². The van der Waals surface area contributed by atoms with Gasteiger partial charge in [-0.15, -0.1) is 0 Å². The van der Waals surface area contributed by atoms with Crippen LogP contribution in [0.25, 0.3) is 0 Å². The third-order valence-corrected chi connectivity index (χ3v) is 4.26. The number of aliphatic hydroxyl groups excluding tert-OH is 1. The van der Waals surface area contributed by atoms with Crippen molar-refractivity contribution in [2.45, 2.75) is 58.1 Å². The fraction of sp³-hybridized carbons (Fsp3) is 1.00. The van der Waals surface area contributed by atoms with Gasteiger partial charge >= 0.3 is 0 Å². The normalized spacial score (nSPS) is 29.7. The van der Waals surface area contributed by atoms with Crippen molar-refractivity contribution >= 4 is 12.0 Å². The van der Waals surface area contributed by atoms with E-state index < -0.39 is 0 Å². The number of aliphatic hydroxyl groups is 1. The number of nitrogens with zero attached hydrogens (tertiary/aromatic N) is 1. The van der Waals surface area contributed by atoms with E-state index in [2.05, 4.69) is 18.7 Å². The molecule has 0 aromatic carbocycles. The lowest BCUT2D eigenvalue weighted by Crippen LogP contribution is -2.50. The zero-order valence-corrected chi connectivity index (χ0v) is 12.9. The summed E-state index contributed by atoms with van der Waals surface area (Å²) in [6.45, 7) is 7.29. The van der Waals surface area contributed by atoms with Crippen LogP contribution < -0.4 is 0 Å². The first-order valence-electron chi connectivity index (χ1n) is 7.26. The second-order valence-electron chi connectivity index (χ2n) is 5.44. The van der Waals surface area contributed by atoms with Gasteiger partial charge in [-0.25, -0.2) is 0 Å². The fourth-order valence-electron chi connectivity index (χ4n) is 2.64. The standard InChI is InChI=1S/C14H29NO2S/c1-4-5-6-7-8-15-10-12(2)14(16)9-13(15)11-17-18-3/h12-14,16H,4-11H2,1-3H3/t12-,13?,14?/m0/s1. The molecular weight excluding hydrogens is 246 g/mol. The van der Waals surface area contributed by atoms with Gasteiger partial charge in [0.25, 0.3) is 0 Å². The molecule has 1 fully saturated rings. The first kappa shape index (κ1) is 16.3. The van der Waals surface area contributed by atoms with Crippen molar-refractivity contribution in [2.24, 2.45) is 5.92 Å². The van der Waals surface area contributed by atoms with Crippen molar-refractivity contribution in [1.29, 1.82) is 0 Å². The van der Waals surface area contributed by atoms with Crippen molar-refractivity contribution in [3.63, 3.8) is 0 Å². The van der Waals surface area contributed by atoms with Gasteiger partial charge in [-0.2, -0.15) is 0 Å². The van der Waals surface area contributed by atoms with E-state index in [9.17, 15) is 5.11 Å². The molecule has 0 radical (unpaired) electrons. The Morgan fingerprint density at radius 1 is 1.33 bits per heavy atom. The summed E-state index contributed by atoms with van der Waals surface area (Å²) < 4.78 is 5.48. The average Bonchev–Trinajstić information content (AvgIpc) is 2.36. The number of hydrogen-bond acceptors (Lipinski definition) is 4. The summed E-state index contributed by atoms with van der Waals surface area (Å²) in [5, 5.41) is 9.99. The largest absolute Gasteiger partial charge is 0.393 e. The first-order chi connectivity index (χ1) is 8.69. The lowest BCUT2D eigenvalue weighted by Gasteiger charge is -2.41. The molecule has 108 valence electrons. The van der Waals surface area contributed by atoms with E-state index >= 15 is 0 Å². The number of piperidine rings is 1. The molecule has 0 amide bonds. The molecule has 0 aromatic rings. The molecule has 1 aliphatic heterocycles. The van der Waals surface area contributed by atoms with Crippen LogP contribution >= 0.6 is 12.0 Å². The van der Waals surface area contributed by atoms with Gasteiger partial charge < -0.3 is 9.29 Å². The first-order valence-corrected chi connectivity index (χ1v) is 8.41. The quantitative estimate of drug-likeness (QED) is 0.545. The Kier molecular flexibility index (Phi) is 8.31. The maximum atomic E-state index is 9.99. The molecule has 0 bridgehead atoms. The number of hydrogen-bond donors (Lipinski definition) is 1. The van der Waals surface area contributed by atoms with Gasteiger partial charge in [0.15, 0.2) is 0 Å². The topological polar surface area (TPSA) is 32.7 Å². The molecule has 3 nitrogen and oxygen atoms in total. The third kappa shape index (κ3) is 5.47. The summed E-state index contributed by atoms with van der Waals surface area (Å²) in [7, 11) is 0. The van der Waals surface area contributed by atoms with E-state index in [1.54, 1.807) is 0 Å². The third-order valence-electron chi connectivity index (χ3n) is 3.89. The summed E-state index contributed by atoms with van der Waals surface area (Å²) in [5.74, 6) is 0.390. The van der Waals surface area contributed by atoms with E-state index in [-0.39, 0.29) is 6.10 Å².